The molecule has 1 aromatic heterocycles. The van der Waals surface area contributed by atoms with E-state index in [1.54, 1.807) is 24.3 Å². The van der Waals surface area contributed by atoms with Crippen LogP contribution < -0.4 is 10.6 Å². The molecule has 0 aliphatic rings. The Hall–Kier alpha value is -4.06. The topological polar surface area (TPSA) is 49.8 Å². The molecule has 0 fully saturated rings. The lowest BCUT2D eigenvalue weighted by atomic mass is 10.1. The van der Waals surface area contributed by atoms with Crippen molar-refractivity contribution >= 4 is 44.8 Å². The van der Waals surface area contributed by atoms with Gasteiger partial charge < -0.3 is 10.6 Å². The van der Waals surface area contributed by atoms with E-state index >= 15 is 0 Å². The van der Waals surface area contributed by atoms with Crippen molar-refractivity contribution in [2.75, 3.05) is 10.6 Å². The Morgan fingerprint density at radius 1 is 0.533 bits per heavy atom. The lowest BCUT2D eigenvalue weighted by Crippen LogP contribution is -2.03. The Morgan fingerprint density at radius 2 is 1.00 bits per heavy atom. The van der Waals surface area contributed by atoms with E-state index in [0.717, 1.165) is 10.8 Å². The van der Waals surface area contributed by atoms with Gasteiger partial charge in [-0.25, -0.2) is 18.7 Å². The Kier molecular flexibility index (Phi) is 4.44. The number of rotatable bonds is 4. The SMILES string of the molecule is Fc1cccc(Nc2nc3cc4ccccc4cc3nc2Nc2cccc(F)c2)c1. The van der Waals surface area contributed by atoms with Crippen molar-refractivity contribution in [2.24, 2.45) is 0 Å². The molecule has 4 aromatic carbocycles. The molecule has 146 valence electrons. The van der Waals surface area contributed by atoms with Gasteiger partial charge in [-0.05, 0) is 59.3 Å². The minimum Gasteiger partial charge on any atom is -0.337 e. The molecule has 0 spiro atoms. The van der Waals surface area contributed by atoms with E-state index in [2.05, 4.69) is 10.6 Å². The van der Waals surface area contributed by atoms with E-state index in [0.29, 0.717) is 34.0 Å². The first kappa shape index (κ1) is 18.0. The van der Waals surface area contributed by atoms with Crippen molar-refractivity contribution < 1.29 is 8.78 Å². The normalized spacial score (nSPS) is 11.0. The summed E-state index contributed by atoms with van der Waals surface area (Å²) in [5, 5.41) is 8.32. The van der Waals surface area contributed by atoms with Crippen LogP contribution >= 0.6 is 0 Å². The summed E-state index contributed by atoms with van der Waals surface area (Å²) < 4.78 is 27.3. The molecule has 0 radical (unpaired) electrons. The third kappa shape index (κ3) is 3.63. The highest BCUT2D eigenvalue weighted by Crippen LogP contribution is 2.30. The van der Waals surface area contributed by atoms with E-state index in [9.17, 15) is 8.78 Å². The van der Waals surface area contributed by atoms with Crippen molar-refractivity contribution in [3.8, 4) is 0 Å². The maximum atomic E-state index is 13.7. The molecule has 2 N–H and O–H groups in total. The minimum atomic E-state index is -0.362. The number of fused-ring (bicyclic) bond motifs is 2. The van der Waals surface area contributed by atoms with Crippen LogP contribution in [0.25, 0.3) is 21.8 Å². The van der Waals surface area contributed by atoms with Crippen LogP contribution in [0.4, 0.5) is 31.8 Å². The Bertz CT molecular complexity index is 1280. The summed E-state index contributed by atoms with van der Waals surface area (Å²) in [4.78, 5) is 9.43. The summed E-state index contributed by atoms with van der Waals surface area (Å²) in [6.45, 7) is 0. The molecular formula is C24H16F2N4. The molecule has 4 nitrogen and oxygen atoms in total. The second kappa shape index (κ2) is 7.40. The van der Waals surface area contributed by atoms with Crippen molar-refractivity contribution in [1.29, 1.82) is 0 Å². The van der Waals surface area contributed by atoms with Crippen LogP contribution in [0.1, 0.15) is 0 Å². The molecule has 5 rings (SSSR count). The van der Waals surface area contributed by atoms with Crippen molar-refractivity contribution in [3.63, 3.8) is 0 Å². The minimum absolute atomic E-state index is 0.362. The number of halogens is 2. The Labute approximate surface area is 171 Å². The second-order valence-corrected chi connectivity index (χ2v) is 6.88. The Morgan fingerprint density at radius 3 is 1.43 bits per heavy atom. The number of anilines is 4. The number of aromatic nitrogens is 2. The molecule has 0 bridgehead atoms. The number of nitrogens with zero attached hydrogens (tertiary/aromatic N) is 2. The van der Waals surface area contributed by atoms with E-state index in [1.807, 2.05) is 36.4 Å². The summed E-state index contributed by atoms with van der Waals surface area (Å²) in [6.07, 6.45) is 0. The largest absolute Gasteiger partial charge is 0.337 e. The number of benzene rings is 4. The van der Waals surface area contributed by atoms with E-state index in [-0.39, 0.29) is 11.6 Å². The van der Waals surface area contributed by atoms with E-state index in [1.165, 1.54) is 24.3 Å². The zero-order chi connectivity index (χ0) is 20.5. The second-order valence-electron chi connectivity index (χ2n) is 6.88. The zero-order valence-electron chi connectivity index (χ0n) is 15.7. The fourth-order valence-electron chi connectivity index (χ4n) is 3.32. The molecule has 0 unspecified atom stereocenters. The van der Waals surface area contributed by atoms with Crippen LogP contribution in [0.5, 0.6) is 0 Å². The van der Waals surface area contributed by atoms with Gasteiger partial charge in [0, 0.05) is 11.4 Å². The first-order valence-corrected chi connectivity index (χ1v) is 9.40. The molecule has 0 saturated heterocycles. The lowest BCUT2D eigenvalue weighted by molar-refractivity contribution is 0.628. The average molecular weight is 398 g/mol. The van der Waals surface area contributed by atoms with Gasteiger partial charge in [-0.1, -0.05) is 36.4 Å². The molecule has 0 amide bonds. The first-order valence-electron chi connectivity index (χ1n) is 9.40. The summed E-state index contributed by atoms with van der Waals surface area (Å²) in [6, 6.07) is 24.0. The molecule has 1 heterocycles. The molecule has 5 aromatic rings. The van der Waals surface area contributed by atoms with Gasteiger partial charge in [0.2, 0.25) is 0 Å². The molecule has 6 heteroatoms. The van der Waals surface area contributed by atoms with Gasteiger partial charge in [0.15, 0.2) is 11.6 Å². The highest BCUT2D eigenvalue weighted by atomic mass is 19.1. The van der Waals surface area contributed by atoms with Crippen LogP contribution in [0.2, 0.25) is 0 Å². The van der Waals surface area contributed by atoms with Crippen LogP contribution in [-0.4, -0.2) is 9.97 Å². The van der Waals surface area contributed by atoms with Crippen LogP contribution in [0.15, 0.2) is 84.9 Å². The van der Waals surface area contributed by atoms with Gasteiger partial charge >= 0.3 is 0 Å². The number of hydrogen-bond acceptors (Lipinski definition) is 4. The standard InChI is InChI=1S/C24H16F2N4/c25-17-7-3-9-19(13-17)27-23-24(28-20-10-4-8-18(26)14-20)30-22-12-16-6-2-1-5-15(16)11-21(22)29-23/h1-14H,(H,27,29)(H,28,30). The van der Waals surface area contributed by atoms with Crippen LogP contribution in [-0.2, 0) is 0 Å². The third-order valence-electron chi connectivity index (χ3n) is 4.71. The quantitative estimate of drug-likeness (QED) is 0.337. The highest BCUT2D eigenvalue weighted by molar-refractivity contribution is 5.96. The summed E-state index contributed by atoms with van der Waals surface area (Å²) in [7, 11) is 0. The predicted molar refractivity (Wildman–Crippen MR) is 116 cm³/mol. The monoisotopic (exact) mass is 398 g/mol. The van der Waals surface area contributed by atoms with Crippen molar-refractivity contribution in [3.05, 3.63) is 96.6 Å². The Balaban J connectivity index is 1.65. The van der Waals surface area contributed by atoms with Gasteiger partial charge in [-0.3, -0.25) is 0 Å². The maximum Gasteiger partial charge on any atom is 0.174 e. The van der Waals surface area contributed by atoms with Gasteiger partial charge in [-0.15, -0.1) is 0 Å². The summed E-state index contributed by atoms with van der Waals surface area (Å²) in [5.74, 6) is 0.0963. The van der Waals surface area contributed by atoms with Crippen LogP contribution in [0, 0.1) is 11.6 Å². The average Bonchev–Trinajstić information content (AvgIpc) is 2.73. The third-order valence-corrected chi connectivity index (χ3v) is 4.71. The number of nitrogens with one attached hydrogen (secondary N) is 2. The molecule has 0 atom stereocenters. The van der Waals surface area contributed by atoms with Gasteiger partial charge in [-0.2, -0.15) is 0 Å². The molecule has 30 heavy (non-hydrogen) atoms. The molecule has 0 aliphatic heterocycles. The number of hydrogen-bond donors (Lipinski definition) is 2. The maximum absolute atomic E-state index is 13.7. The zero-order valence-corrected chi connectivity index (χ0v) is 15.7. The van der Waals surface area contributed by atoms with Crippen molar-refractivity contribution in [1.82, 2.24) is 9.97 Å². The molecule has 0 saturated carbocycles. The van der Waals surface area contributed by atoms with Crippen LogP contribution in [0.3, 0.4) is 0 Å². The van der Waals surface area contributed by atoms with E-state index < -0.39 is 0 Å². The van der Waals surface area contributed by atoms with Gasteiger partial charge in [0.05, 0.1) is 11.0 Å². The van der Waals surface area contributed by atoms with Gasteiger partial charge in [0.1, 0.15) is 11.6 Å². The summed E-state index contributed by atoms with van der Waals surface area (Å²) >= 11 is 0. The van der Waals surface area contributed by atoms with Gasteiger partial charge in [0.25, 0.3) is 0 Å². The summed E-state index contributed by atoms with van der Waals surface area (Å²) in [5.41, 5.74) is 2.45. The fraction of sp³-hybridized carbons (Fsp3) is 0. The van der Waals surface area contributed by atoms with E-state index in [4.69, 9.17) is 9.97 Å². The first-order chi connectivity index (χ1) is 14.6. The lowest BCUT2D eigenvalue weighted by Gasteiger charge is -2.14. The molecular weight excluding hydrogens is 382 g/mol. The predicted octanol–water partition coefficient (Wildman–Crippen LogP) is 6.55. The highest BCUT2D eigenvalue weighted by Gasteiger charge is 2.12. The molecule has 0 aliphatic carbocycles. The fourth-order valence-corrected chi connectivity index (χ4v) is 3.32. The van der Waals surface area contributed by atoms with Crippen molar-refractivity contribution in [2.45, 2.75) is 0 Å². The smallest absolute Gasteiger partial charge is 0.174 e.